The van der Waals surface area contributed by atoms with Crippen LogP contribution < -0.4 is 5.32 Å². The van der Waals surface area contributed by atoms with E-state index in [1.807, 2.05) is 48.5 Å². The molecule has 1 unspecified atom stereocenters. The van der Waals surface area contributed by atoms with E-state index in [0.29, 0.717) is 11.1 Å². The fourth-order valence-corrected chi connectivity index (χ4v) is 5.83. The zero-order valence-electron chi connectivity index (χ0n) is 24.1. The first-order valence-corrected chi connectivity index (χ1v) is 14.9. The maximum absolute atomic E-state index is 14.3. The number of carbonyl (C=O) groups excluding carboxylic acids is 1. The van der Waals surface area contributed by atoms with Gasteiger partial charge in [0.1, 0.15) is 5.82 Å². The molecule has 3 aromatic carbocycles. The number of carbonyl (C=O) groups is 1. The number of fused-ring (bicyclic) bond motifs is 1. The Labute approximate surface area is 243 Å². The number of benzene rings is 3. The number of rotatable bonds is 11. The Kier molecular flexibility index (Phi) is 9.28. The van der Waals surface area contributed by atoms with Crippen LogP contribution in [0.4, 0.5) is 5.82 Å². The number of nitriles is 1. The molecule has 1 saturated heterocycles. The molecule has 210 valence electrons. The van der Waals surface area contributed by atoms with Crippen molar-refractivity contribution < 1.29 is 4.79 Å². The predicted molar refractivity (Wildman–Crippen MR) is 167 cm³/mol. The Hall–Kier alpha value is -4.21. The molecule has 41 heavy (non-hydrogen) atoms. The second-order valence-corrected chi connectivity index (χ2v) is 10.8. The van der Waals surface area contributed by atoms with Crippen LogP contribution in [0.15, 0.2) is 78.9 Å². The highest BCUT2D eigenvalue weighted by Gasteiger charge is 2.31. The molecule has 1 aromatic heterocycles. The van der Waals surface area contributed by atoms with Gasteiger partial charge in [-0.3, -0.25) is 4.79 Å². The SMILES string of the molecule is CCCN(CC)CC1CCCN1C(=O)c1cc(NCCc2ccccc2)nc2ccc(-c3ccc(C#N)cc3)cc12. The first kappa shape index (κ1) is 28.3. The molecular formula is C35H39N5O. The molecule has 1 aliphatic rings. The quantitative estimate of drug-likeness (QED) is 0.225. The van der Waals surface area contributed by atoms with Gasteiger partial charge in [-0.05, 0) is 85.8 Å². The number of likely N-dealkylation sites (tertiary alicyclic amines) is 1. The van der Waals surface area contributed by atoms with Gasteiger partial charge in [0.05, 0.1) is 22.7 Å². The highest BCUT2D eigenvalue weighted by atomic mass is 16.2. The van der Waals surface area contributed by atoms with Crippen LogP contribution in [0.5, 0.6) is 0 Å². The normalized spacial score (nSPS) is 14.9. The minimum absolute atomic E-state index is 0.0792. The van der Waals surface area contributed by atoms with Crippen LogP contribution in [0.25, 0.3) is 22.0 Å². The van der Waals surface area contributed by atoms with Gasteiger partial charge in [0.25, 0.3) is 5.91 Å². The first-order chi connectivity index (χ1) is 20.1. The molecule has 1 atom stereocenters. The summed E-state index contributed by atoms with van der Waals surface area (Å²) >= 11 is 0. The summed E-state index contributed by atoms with van der Waals surface area (Å²) in [4.78, 5) is 23.8. The van der Waals surface area contributed by atoms with Crippen molar-refractivity contribution in [3.8, 4) is 17.2 Å². The van der Waals surface area contributed by atoms with E-state index in [2.05, 4.69) is 65.4 Å². The van der Waals surface area contributed by atoms with E-state index >= 15 is 0 Å². The molecule has 0 aliphatic carbocycles. The van der Waals surface area contributed by atoms with E-state index in [1.165, 1.54) is 5.56 Å². The maximum Gasteiger partial charge on any atom is 0.254 e. The summed E-state index contributed by atoms with van der Waals surface area (Å²) < 4.78 is 0. The van der Waals surface area contributed by atoms with Gasteiger partial charge in [-0.25, -0.2) is 4.98 Å². The minimum atomic E-state index is 0.0792. The number of aromatic nitrogens is 1. The molecule has 5 rings (SSSR count). The van der Waals surface area contributed by atoms with Gasteiger partial charge >= 0.3 is 0 Å². The van der Waals surface area contributed by atoms with Gasteiger partial charge in [-0.15, -0.1) is 0 Å². The molecule has 4 aromatic rings. The Bertz CT molecular complexity index is 1510. The fraction of sp³-hybridized carbons (Fsp3) is 0.343. The second-order valence-electron chi connectivity index (χ2n) is 10.8. The number of hydrogen-bond donors (Lipinski definition) is 1. The number of amides is 1. The van der Waals surface area contributed by atoms with Crippen LogP contribution >= 0.6 is 0 Å². The third-order valence-corrected chi connectivity index (χ3v) is 8.04. The minimum Gasteiger partial charge on any atom is -0.370 e. The van der Waals surface area contributed by atoms with Crippen LogP contribution in [-0.2, 0) is 6.42 Å². The number of nitrogens with one attached hydrogen (secondary N) is 1. The molecule has 1 aliphatic heterocycles. The summed E-state index contributed by atoms with van der Waals surface area (Å²) in [5.41, 5.74) is 5.39. The molecule has 0 saturated carbocycles. The molecular weight excluding hydrogens is 506 g/mol. The predicted octanol–water partition coefficient (Wildman–Crippen LogP) is 6.76. The number of anilines is 1. The monoisotopic (exact) mass is 545 g/mol. The van der Waals surface area contributed by atoms with Crippen molar-refractivity contribution in [3.05, 3.63) is 95.6 Å². The van der Waals surface area contributed by atoms with Crippen molar-refractivity contribution in [3.63, 3.8) is 0 Å². The highest BCUT2D eigenvalue weighted by Crippen LogP contribution is 2.30. The third kappa shape index (κ3) is 6.75. The van der Waals surface area contributed by atoms with Crippen molar-refractivity contribution in [1.82, 2.24) is 14.8 Å². The summed E-state index contributed by atoms with van der Waals surface area (Å²) in [6, 6.07) is 28.4. The smallest absolute Gasteiger partial charge is 0.254 e. The van der Waals surface area contributed by atoms with Gasteiger partial charge in [-0.1, -0.05) is 62.4 Å². The van der Waals surface area contributed by atoms with Crippen LogP contribution in [0.2, 0.25) is 0 Å². The van der Waals surface area contributed by atoms with Gasteiger partial charge in [0, 0.05) is 31.1 Å². The summed E-state index contributed by atoms with van der Waals surface area (Å²) in [6.45, 7) is 8.88. The molecule has 0 bridgehead atoms. The number of likely N-dealkylation sites (N-methyl/N-ethyl adjacent to an activating group) is 1. The molecule has 6 heteroatoms. The van der Waals surface area contributed by atoms with Crippen LogP contribution in [0.3, 0.4) is 0 Å². The lowest BCUT2D eigenvalue weighted by molar-refractivity contribution is 0.0704. The zero-order chi connectivity index (χ0) is 28.6. The summed E-state index contributed by atoms with van der Waals surface area (Å²) in [5.74, 6) is 0.801. The average Bonchev–Trinajstić information content (AvgIpc) is 3.48. The molecule has 0 radical (unpaired) electrons. The van der Waals surface area contributed by atoms with Crippen molar-refractivity contribution in [2.45, 2.75) is 45.6 Å². The highest BCUT2D eigenvalue weighted by molar-refractivity contribution is 6.08. The lowest BCUT2D eigenvalue weighted by Gasteiger charge is -2.30. The van der Waals surface area contributed by atoms with Crippen LogP contribution in [0, 0.1) is 11.3 Å². The Morgan fingerprint density at radius 1 is 1.05 bits per heavy atom. The van der Waals surface area contributed by atoms with Crippen molar-refractivity contribution in [2.75, 3.05) is 38.0 Å². The van der Waals surface area contributed by atoms with Gasteiger partial charge in [-0.2, -0.15) is 5.26 Å². The van der Waals surface area contributed by atoms with E-state index in [1.54, 1.807) is 0 Å². The van der Waals surface area contributed by atoms with E-state index in [9.17, 15) is 10.1 Å². The molecule has 2 heterocycles. The third-order valence-electron chi connectivity index (χ3n) is 8.04. The van der Waals surface area contributed by atoms with Crippen molar-refractivity contribution in [1.29, 1.82) is 5.26 Å². The lowest BCUT2D eigenvalue weighted by atomic mass is 9.99. The Morgan fingerprint density at radius 3 is 2.56 bits per heavy atom. The van der Waals surface area contributed by atoms with Crippen LogP contribution in [0.1, 0.15) is 54.6 Å². The van der Waals surface area contributed by atoms with E-state index < -0.39 is 0 Å². The summed E-state index contributed by atoms with van der Waals surface area (Å²) in [6.07, 6.45) is 4.05. The van der Waals surface area contributed by atoms with Gasteiger partial charge in [0.2, 0.25) is 0 Å². The molecule has 1 fully saturated rings. The summed E-state index contributed by atoms with van der Waals surface area (Å²) in [5, 5.41) is 13.5. The van der Waals surface area contributed by atoms with Gasteiger partial charge < -0.3 is 15.1 Å². The fourth-order valence-electron chi connectivity index (χ4n) is 5.83. The zero-order valence-corrected chi connectivity index (χ0v) is 24.1. The van der Waals surface area contributed by atoms with E-state index in [0.717, 1.165) is 86.3 Å². The molecule has 6 nitrogen and oxygen atoms in total. The number of hydrogen-bond acceptors (Lipinski definition) is 5. The first-order valence-electron chi connectivity index (χ1n) is 14.9. The van der Waals surface area contributed by atoms with E-state index in [4.69, 9.17) is 4.98 Å². The number of nitrogens with zero attached hydrogens (tertiary/aromatic N) is 4. The van der Waals surface area contributed by atoms with Gasteiger partial charge in [0.15, 0.2) is 0 Å². The lowest BCUT2D eigenvalue weighted by Crippen LogP contribution is -2.43. The summed E-state index contributed by atoms with van der Waals surface area (Å²) in [7, 11) is 0. The second kappa shape index (κ2) is 13.4. The van der Waals surface area contributed by atoms with Crippen molar-refractivity contribution >= 4 is 22.6 Å². The topological polar surface area (TPSA) is 72.3 Å². The standard InChI is InChI=1S/C35H39N5O/c1-3-20-39(4-2)25-30-11-8-21-40(30)35(41)32-23-34(37-19-18-26-9-6-5-7-10-26)38-33-17-16-29(22-31(32)33)28-14-12-27(24-36)13-15-28/h5-7,9-10,12-17,22-23,30H,3-4,8,11,18-21,25H2,1-2H3,(H,37,38). The van der Waals surface area contributed by atoms with Crippen LogP contribution in [-0.4, -0.2) is 59.5 Å². The molecule has 1 N–H and O–H groups in total. The molecule has 0 spiro atoms. The largest absolute Gasteiger partial charge is 0.370 e. The number of pyridine rings is 1. The van der Waals surface area contributed by atoms with Crippen molar-refractivity contribution in [2.24, 2.45) is 0 Å². The Balaban J connectivity index is 1.48. The average molecular weight is 546 g/mol. The van der Waals surface area contributed by atoms with E-state index in [-0.39, 0.29) is 11.9 Å². The Morgan fingerprint density at radius 2 is 1.83 bits per heavy atom. The maximum atomic E-state index is 14.3. The molecule has 1 amide bonds.